The first-order valence-corrected chi connectivity index (χ1v) is 5.61. The molecule has 1 heteroatoms. The van der Waals surface area contributed by atoms with Crippen LogP contribution in [0.4, 0.5) is 0 Å². The fraction of sp³-hybridized carbons (Fsp3) is 0.500. The number of aliphatic imine (C=N–C) groups is 1. The van der Waals surface area contributed by atoms with Crippen molar-refractivity contribution < 1.29 is 0 Å². The molecule has 0 unspecified atom stereocenters. The van der Waals surface area contributed by atoms with Crippen molar-refractivity contribution in [1.82, 2.24) is 0 Å². The largest absolute Gasteiger partial charge is 0.289 e. The summed E-state index contributed by atoms with van der Waals surface area (Å²) in [4.78, 5) is 4.70. The Kier molecular flexibility index (Phi) is 4.07. The standard InChI is InChI=1S/C14H21N/c1-5-13(14(2,3)4)15-11-12-9-7-6-8-10-12/h6-10H,5,11H2,1-4H3. The Morgan fingerprint density at radius 3 is 2.20 bits per heavy atom. The summed E-state index contributed by atoms with van der Waals surface area (Å²) in [6, 6.07) is 10.4. The van der Waals surface area contributed by atoms with Crippen molar-refractivity contribution in [3.05, 3.63) is 35.9 Å². The van der Waals surface area contributed by atoms with Crippen molar-refractivity contribution in [2.24, 2.45) is 10.4 Å². The van der Waals surface area contributed by atoms with E-state index in [9.17, 15) is 0 Å². The lowest BCUT2D eigenvalue weighted by atomic mass is 9.88. The van der Waals surface area contributed by atoms with Gasteiger partial charge in [-0.15, -0.1) is 0 Å². The second-order valence-corrected chi connectivity index (χ2v) is 4.85. The Morgan fingerprint density at radius 2 is 1.73 bits per heavy atom. The third-order valence-electron chi connectivity index (χ3n) is 2.50. The average molecular weight is 203 g/mol. The summed E-state index contributed by atoms with van der Waals surface area (Å²) in [5, 5.41) is 0. The molecule has 1 aromatic carbocycles. The van der Waals surface area contributed by atoms with Gasteiger partial charge in [0.25, 0.3) is 0 Å². The van der Waals surface area contributed by atoms with Crippen molar-refractivity contribution >= 4 is 5.71 Å². The molecule has 1 aromatic rings. The highest BCUT2D eigenvalue weighted by Crippen LogP contribution is 2.19. The summed E-state index contributed by atoms with van der Waals surface area (Å²) < 4.78 is 0. The van der Waals surface area contributed by atoms with Crippen LogP contribution in [0.15, 0.2) is 35.3 Å². The van der Waals surface area contributed by atoms with E-state index in [1.807, 2.05) is 6.07 Å². The van der Waals surface area contributed by atoms with E-state index >= 15 is 0 Å². The molecule has 0 radical (unpaired) electrons. The van der Waals surface area contributed by atoms with Crippen molar-refractivity contribution in [2.45, 2.75) is 40.7 Å². The molecule has 0 N–H and O–H groups in total. The van der Waals surface area contributed by atoms with Crippen LogP contribution in [-0.2, 0) is 6.54 Å². The van der Waals surface area contributed by atoms with Gasteiger partial charge in [0.2, 0.25) is 0 Å². The van der Waals surface area contributed by atoms with E-state index in [0.29, 0.717) is 0 Å². The van der Waals surface area contributed by atoms with Gasteiger partial charge in [0.1, 0.15) is 0 Å². The summed E-state index contributed by atoms with van der Waals surface area (Å²) in [5.41, 5.74) is 2.78. The molecular formula is C14H21N. The SMILES string of the molecule is CCC(=NCc1ccccc1)C(C)(C)C. The van der Waals surface area contributed by atoms with Crippen LogP contribution in [0, 0.1) is 5.41 Å². The number of hydrogen-bond donors (Lipinski definition) is 0. The zero-order chi connectivity index (χ0) is 11.3. The molecule has 0 fully saturated rings. The lowest BCUT2D eigenvalue weighted by Gasteiger charge is -2.20. The Labute approximate surface area is 93.2 Å². The highest BCUT2D eigenvalue weighted by atomic mass is 14.7. The van der Waals surface area contributed by atoms with Gasteiger partial charge in [-0.05, 0) is 17.4 Å². The van der Waals surface area contributed by atoms with E-state index < -0.39 is 0 Å². The third-order valence-corrected chi connectivity index (χ3v) is 2.50. The summed E-state index contributed by atoms with van der Waals surface area (Å²) in [6.07, 6.45) is 1.04. The monoisotopic (exact) mass is 203 g/mol. The first kappa shape index (κ1) is 12.0. The highest BCUT2D eigenvalue weighted by Gasteiger charge is 2.16. The molecule has 0 aliphatic heterocycles. The molecule has 0 heterocycles. The molecule has 0 spiro atoms. The maximum Gasteiger partial charge on any atom is 0.0639 e. The van der Waals surface area contributed by atoms with E-state index in [4.69, 9.17) is 4.99 Å². The minimum absolute atomic E-state index is 0.198. The van der Waals surface area contributed by atoms with Crippen LogP contribution in [0.25, 0.3) is 0 Å². The fourth-order valence-electron chi connectivity index (χ4n) is 1.65. The molecule has 0 saturated carbocycles. The van der Waals surface area contributed by atoms with Gasteiger partial charge in [0, 0.05) is 5.71 Å². The second-order valence-electron chi connectivity index (χ2n) is 4.85. The van der Waals surface area contributed by atoms with Gasteiger partial charge >= 0.3 is 0 Å². The van der Waals surface area contributed by atoms with E-state index in [2.05, 4.69) is 52.0 Å². The van der Waals surface area contributed by atoms with E-state index in [1.54, 1.807) is 0 Å². The molecule has 0 aromatic heterocycles. The van der Waals surface area contributed by atoms with Gasteiger partial charge in [-0.1, -0.05) is 58.0 Å². The number of hydrogen-bond acceptors (Lipinski definition) is 1. The smallest absolute Gasteiger partial charge is 0.0639 e. The van der Waals surface area contributed by atoms with E-state index in [0.717, 1.165) is 13.0 Å². The van der Waals surface area contributed by atoms with E-state index in [-0.39, 0.29) is 5.41 Å². The van der Waals surface area contributed by atoms with Gasteiger partial charge in [0.05, 0.1) is 6.54 Å². The van der Waals surface area contributed by atoms with Gasteiger partial charge in [-0.3, -0.25) is 4.99 Å². The van der Waals surface area contributed by atoms with Crippen molar-refractivity contribution in [2.75, 3.05) is 0 Å². The first-order chi connectivity index (χ1) is 7.04. The van der Waals surface area contributed by atoms with Crippen LogP contribution in [0.2, 0.25) is 0 Å². The van der Waals surface area contributed by atoms with Crippen molar-refractivity contribution in [3.8, 4) is 0 Å². The quantitative estimate of drug-likeness (QED) is 0.656. The normalized spacial score (nSPS) is 12.9. The molecule has 0 amide bonds. The first-order valence-electron chi connectivity index (χ1n) is 5.61. The maximum atomic E-state index is 4.70. The molecule has 15 heavy (non-hydrogen) atoms. The lowest BCUT2D eigenvalue weighted by Crippen LogP contribution is -2.19. The van der Waals surface area contributed by atoms with Gasteiger partial charge in [-0.25, -0.2) is 0 Å². The molecule has 1 rings (SSSR count). The van der Waals surface area contributed by atoms with Gasteiger partial charge < -0.3 is 0 Å². The van der Waals surface area contributed by atoms with Crippen LogP contribution < -0.4 is 0 Å². The van der Waals surface area contributed by atoms with Crippen molar-refractivity contribution in [3.63, 3.8) is 0 Å². The van der Waals surface area contributed by atoms with Crippen molar-refractivity contribution in [1.29, 1.82) is 0 Å². The Morgan fingerprint density at radius 1 is 1.13 bits per heavy atom. The zero-order valence-electron chi connectivity index (χ0n) is 10.2. The maximum absolute atomic E-state index is 4.70. The fourth-order valence-corrected chi connectivity index (χ4v) is 1.65. The predicted octanol–water partition coefficient (Wildman–Crippen LogP) is 4.08. The molecule has 0 aliphatic rings. The molecule has 0 saturated heterocycles. The number of nitrogens with zero attached hydrogens (tertiary/aromatic N) is 1. The van der Waals surface area contributed by atoms with Crippen LogP contribution in [0.5, 0.6) is 0 Å². The Bertz CT molecular complexity index is 317. The molecule has 1 nitrogen and oxygen atoms in total. The minimum Gasteiger partial charge on any atom is -0.289 e. The van der Waals surface area contributed by atoms with Gasteiger partial charge in [-0.2, -0.15) is 0 Å². The molecule has 0 aliphatic carbocycles. The molecule has 0 bridgehead atoms. The second kappa shape index (κ2) is 5.11. The molecule has 82 valence electrons. The zero-order valence-corrected chi connectivity index (χ0v) is 10.2. The highest BCUT2D eigenvalue weighted by molar-refractivity contribution is 5.88. The van der Waals surface area contributed by atoms with Crippen LogP contribution in [0.3, 0.4) is 0 Å². The Hall–Kier alpha value is -1.11. The van der Waals surface area contributed by atoms with Crippen LogP contribution in [0.1, 0.15) is 39.7 Å². The Balaban J connectivity index is 2.72. The van der Waals surface area contributed by atoms with Crippen LogP contribution in [-0.4, -0.2) is 5.71 Å². The topological polar surface area (TPSA) is 12.4 Å². The number of benzene rings is 1. The van der Waals surface area contributed by atoms with Gasteiger partial charge in [0.15, 0.2) is 0 Å². The molecule has 0 atom stereocenters. The summed E-state index contributed by atoms with van der Waals surface area (Å²) in [5.74, 6) is 0. The number of rotatable bonds is 3. The summed E-state index contributed by atoms with van der Waals surface area (Å²) in [6.45, 7) is 9.65. The average Bonchev–Trinajstić information content (AvgIpc) is 2.18. The van der Waals surface area contributed by atoms with Crippen LogP contribution >= 0.6 is 0 Å². The third kappa shape index (κ3) is 3.86. The summed E-state index contributed by atoms with van der Waals surface area (Å²) >= 11 is 0. The molecular weight excluding hydrogens is 182 g/mol. The lowest BCUT2D eigenvalue weighted by molar-refractivity contribution is 0.576. The minimum atomic E-state index is 0.198. The van der Waals surface area contributed by atoms with E-state index in [1.165, 1.54) is 11.3 Å². The summed E-state index contributed by atoms with van der Waals surface area (Å²) in [7, 11) is 0. The predicted molar refractivity (Wildman–Crippen MR) is 67.3 cm³/mol.